The zero-order valence-corrected chi connectivity index (χ0v) is 18.8. The minimum absolute atomic E-state index is 0.144. The van der Waals surface area contributed by atoms with Crippen LogP contribution in [0, 0.1) is 0 Å². The quantitative estimate of drug-likeness (QED) is 0.391. The van der Waals surface area contributed by atoms with Gasteiger partial charge in [-0.05, 0) is 49.4 Å². The zero-order chi connectivity index (χ0) is 22.6. The summed E-state index contributed by atoms with van der Waals surface area (Å²) in [5.41, 5.74) is 3.82. The minimum Gasteiger partial charge on any atom is -0.367 e. The van der Waals surface area contributed by atoms with Crippen LogP contribution >= 0.6 is 0 Å². The molecule has 3 heterocycles. The largest absolute Gasteiger partial charge is 0.367 e. The summed E-state index contributed by atoms with van der Waals surface area (Å²) in [6, 6.07) is 12.0. The molecule has 8 nitrogen and oxygen atoms in total. The fourth-order valence-corrected chi connectivity index (χ4v) is 4.53. The molecule has 1 aliphatic carbocycles. The van der Waals surface area contributed by atoms with E-state index >= 15 is 0 Å². The Hall–Kier alpha value is -3.68. The lowest BCUT2D eigenvalue weighted by molar-refractivity contribution is 0.102. The number of hydrogen-bond acceptors (Lipinski definition) is 5. The number of carbonyl (C=O) groups excluding carboxylic acids is 1. The van der Waals surface area contributed by atoms with E-state index in [9.17, 15) is 4.79 Å². The van der Waals surface area contributed by atoms with Crippen molar-refractivity contribution in [3.8, 4) is 0 Å². The highest BCUT2D eigenvalue weighted by molar-refractivity contribution is 6.03. The van der Waals surface area contributed by atoms with E-state index in [-0.39, 0.29) is 5.91 Å². The van der Waals surface area contributed by atoms with Crippen LogP contribution in [0.1, 0.15) is 53.7 Å². The first-order valence-corrected chi connectivity index (χ1v) is 11.6. The second-order valence-electron chi connectivity index (χ2n) is 8.73. The molecular formula is C25H29N7O. The lowest BCUT2D eigenvalue weighted by atomic mass is 9.95. The van der Waals surface area contributed by atoms with Crippen LogP contribution in [0.2, 0.25) is 0 Å². The number of fused-ring (bicyclic) bond motifs is 1. The van der Waals surface area contributed by atoms with Crippen LogP contribution in [0.25, 0.3) is 10.9 Å². The molecule has 0 unspecified atom stereocenters. The van der Waals surface area contributed by atoms with Crippen molar-refractivity contribution in [2.45, 2.75) is 51.0 Å². The third-order valence-electron chi connectivity index (χ3n) is 6.43. The van der Waals surface area contributed by atoms with Crippen LogP contribution < -0.4 is 10.6 Å². The van der Waals surface area contributed by atoms with Crippen molar-refractivity contribution in [3.05, 3.63) is 65.6 Å². The Morgan fingerprint density at radius 3 is 2.64 bits per heavy atom. The molecule has 5 rings (SSSR count). The lowest BCUT2D eigenvalue weighted by Crippen LogP contribution is -2.23. The van der Waals surface area contributed by atoms with Crippen molar-refractivity contribution in [1.82, 2.24) is 25.0 Å². The number of anilines is 2. The van der Waals surface area contributed by atoms with E-state index in [1.54, 1.807) is 24.0 Å². The Morgan fingerprint density at radius 1 is 1.06 bits per heavy atom. The Morgan fingerprint density at radius 2 is 1.88 bits per heavy atom. The molecule has 0 atom stereocenters. The molecule has 0 spiro atoms. The van der Waals surface area contributed by atoms with Crippen LogP contribution in [0.4, 0.5) is 11.6 Å². The molecular weight excluding hydrogens is 414 g/mol. The number of hydrogen-bond donors (Lipinski definition) is 3. The highest BCUT2D eigenvalue weighted by atomic mass is 16.1. The van der Waals surface area contributed by atoms with Gasteiger partial charge in [-0.3, -0.25) is 14.6 Å². The Kier molecular flexibility index (Phi) is 6.06. The van der Waals surface area contributed by atoms with Crippen LogP contribution in [0.15, 0.2) is 48.8 Å². The molecule has 3 N–H and O–H groups in total. The van der Waals surface area contributed by atoms with Gasteiger partial charge in [0.05, 0.1) is 17.1 Å². The van der Waals surface area contributed by atoms with Crippen LogP contribution in [0.3, 0.4) is 0 Å². The smallest absolute Gasteiger partial charge is 0.256 e. The zero-order valence-electron chi connectivity index (χ0n) is 18.8. The van der Waals surface area contributed by atoms with Gasteiger partial charge >= 0.3 is 0 Å². The van der Waals surface area contributed by atoms with Gasteiger partial charge in [-0.2, -0.15) is 10.2 Å². The second kappa shape index (κ2) is 9.44. The summed E-state index contributed by atoms with van der Waals surface area (Å²) < 4.78 is 1.63. The monoisotopic (exact) mass is 443 g/mol. The molecule has 1 amide bonds. The second-order valence-corrected chi connectivity index (χ2v) is 8.73. The number of nitrogens with one attached hydrogen (secondary N) is 3. The number of aryl methyl sites for hydroxylation is 3. The van der Waals surface area contributed by atoms with E-state index < -0.39 is 0 Å². The first-order chi connectivity index (χ1) is 16.2. The summed E-state index contributed by atoms with van der Waals surface area (Å²) in [6.45, 7) is 0. The summed E-state index contributed by atoms with van der Waals surface area (Å²) in [6.07, 6.45) is 11.4. The minimum atomic E-state index is -0.144. The Labute approximate surface area is 192 Å². The average molecular weight is 444 g/mol. The molecule has 0 aliphatic heterocycles. The summed E-state index contributed by atoms with van der Waals surface area (Å²) in [7, 11) is 1.80. The topological polar surface area (TPSA) is 101 Å². The first kappa shape index (κ1) is 21.2. The number of rotatable bonds is 7. The maximum atomic E-state index is 12.5. The highest BCUT2D eigenvalue weighted by Gasteiger charge is 2.17. The molecule has 170 valence electrons. The number of aromatic amines is 1. The van der Waals surface area contributed by atoms with E-state index in [0.717, 1.165) is 35.3 Å². The first-order valence-electron chi connectivity index (χ1n) is 11.6. The van der Waals surface area contributed by atoms with Gasteiger partial charge in [0.1, 0.15) is 11.6 Å². The molecule has 0 bridgehead atoms. The molecule has 4 aromatic rings. The van der Waals surface area contributed by atoms with E-state index in [2.05, 4.69) is 30.9 Å². The normalized spacial score (nSPS) is 14.5. The number of carbonyl (C=O) groups is 1. The standard InChI is InChI=1S/C25H29N7O/c1-32-22(14-16-27-32)29-25(33)18-10-7-17(8-11-18)9-12-20-23-21(31-30-20)13-15-26-24(23)28-19-5-3-2-4-6-19/h7-8,10-11,13-16,19H,2-6,9,12H2,1H3,(H,26,28)(H,29,33)(H,30,31). The van der Waals surface area contributed by atoms with Gasteiger partial charge < -0.3 is 10.6 Å². The van der Waals surface area contributed by atoms with Crippen molar-refractivity contribution < 1.29 is 4.79 Å². The van der Waals surface area contributed by atoms with Gasteiger partial charge in [0.15, 0.2) is 0 Å². The lowest BCUT2D eigenvalue weighted by Gasteiger charge is -2.23. The van der Waals surface area contributed by atoms with Crippen molar-refractivity contribution in [2.75, 3.05) is 10.6 Å². The van der Waals surface area contributed by atoms with E-state index in [4.69, 9.17) is 0 Å². The Balaban J connectivity index is 1.26. The maximum absolute atomic E-state index is 12.5. The molecule has 1 aromatic carbocycles. The van der Waals surface area contributed by atoms with Crippen LogP contribution in [0.5, 0.6) is 0 Å². The van der Waals surface area contributed by atoms with Gasteiger partial charge in [-0.25, -0.2) is 4.98 Å². The van der Waals surface area contributed by atoms with Gasteiger partial charge in [0.2, 0.25) is 0 Å². The van der Waals surface area contributed by atoms with E-state index in [0.29, 0.717) is 17.4 Å². The molecule has 33 heavy (non-hydrogen) atoms. The number of nitrogens with zero attached hydrogens (tertiary/aromatic N) is 4. The van der Waals surface area contributed by atoms with Crippen LogP contribution in [-0.4, -0.2) is 36.9 Å². The summed E-state index contributed by atoms with van der Waals surface area (Å²) in [5, 5.41) is 19.4. The maximum Gasteiger partial charge on any atom is 0.256 e. The third kappa shape index (κ3) is 4.74. The summed E-state index contributed by atoms with van der Waals surface area (Å²) in [4.78, 5) is 17.1. The molecule has 1 aliphatic rings. The molecule has 1 saturated carbocycles. The SMILES string of the molecule is Cn1nccc1NC(=O)c1ccc(CCc2[nH]nc3ccnc(NC4CCCCC4)c23)cc1. The van der Waals surface area contributed by atoms with Crippen molar-refractivity contribution in [1.29, 1.82) is 0 Å². The third-order valence-corrected chi connectivity index (χ3v) is 6.43. The summed E-state index contributed by atoms with van der Waals surface area (Å²) in [5.74, 6) is 1.46. The number of benzene rings is 1. The van der Waals surface area contributed by atoms with Gasteiger partial charge in [0, 0.05) is 36.6 Å². The number of aromatic nitrogens is 5. The summed E-state index contributed by atoms with van der Waals surface area (Å²) >= 11 is 0. The average Bonchev–Trinajstić information content (AvgIpc) is 3.45. The number of amides is 1. The van der Waals surface area contributed by atoms with E-state index in [1.807, 2.05) is 36.5 Å². The molecule has 1 fully saturated rings. The van der Waals surface area contributed by atoms with Crippen molar-refractivity contribution >= 4 is 28.4 Å². The van der Waals surface area contributed by atoms with Crippen molar-refractivity contribution in [2.24, 2.45) is 7.05 Å². The molecule has 0 saturated heterocycles. The number of pyridine rings is 1. The van der Waals surface area contributed by atoms with Crippen LogP contribution in [-0.2, 0) is 19.9 Å². The molecule has 0 radical (unpaired) electrons. The van der Waals surface area contributed by atoms with E-state index in [1.165, 1.54) is 37.7 Å². The van der Waals surface area contributed by atoms with Gasteiger partial charge in [-0.15, -0.1) is 0 Å². The number of H-pyrrole nitrogens is 1. The fraction of sp³-hybridized carbons (Fsp3) is 0.360. The predicted molar refractivity (Wildman–Crippen MR) is 129 cm³/mol. The fourth-order valence-electron chi connectivity index (χ4n) is 4.53. The predicted octanol–water partition coefficient (Wildman–Crippen LogP) is 4.47. The van der Waals surface area contributed by atoms with Crippen molar-refractivity contribution in [3.63, 3.8) is 0 Å². The Bertz CT molecular complexity index is 1240. The van der Waals surface area contributed by atoms with Gasteiger partial charge in [-0.1, -0.05) is 31.4 Å². The van der Waals surface area contributed by atoms with Gasteiger partial charge in [0.25, 0.3) is 5.91 Å². The molecule has 8 heteroatoms. The molecule has 3 aromatic heterocycles. The highest BCUT2D eigenvalue weighted by Crippen LogP contribution is 2.28.